The Hall–Kier alpha value is -2.98. The molecule has 0 aromatic carbocycles. The number of carboxylic acid groups (broad SMARTS) is 2. The van der Waals surface area contributed by atoms with E-state index in [-0.39, 0.29) is 45.8 Å². The third-order valence-corrected chi connectivity index (χ3v) is 11.7. The van der Waals surface area contributed by atoms with Crippen molar-refractivity contribution in [2.24, 2.45) is 5.92 Å². The predicted octanol–water partition coefficient (Wildman–Crippen LogP) is 3.84. The molecule has 4 atom stereocenters. The minimum Gasteiger partial charge on any atom is -0.660 e. The molecule has 0 radical (unpaired) electrons. The summed E-state index contributed by atoms with van der Waals surface area (Å²) in [6.07, 6.45) is 8.65. The van der Waals surface area contributed by atoms with Crippen molar-refractivity contribution in [1.82, 2.24) is 15.0 Å². The van der Waals surface area contributed by atoms with E-state index in [0.717, 1.165) is 67.2 Å². The first-order valence-electron chi connectivity index (χ1n) is 15.0. The van der Waals surface area contributed by atoms with Crippen LogP contribution in [0.5, 0.6) is 0 Å². The number of hydrogen-bond donors (Lipinski definition) is 3. The van der Waals surface area contributed by atoms with Crippen molar-refractivity contribution in [3.05, 3.63) is 83.6 Å². The van der Waals surface area contributed by atoms with Gasteiger partial charge in [-0.2, -0.15) is 18.3 Å². The minimum atomic E-state index is -0.883. The number of nitrogens with zero attached hydrogens (tertiary/aromatic N) is 4. The average Bonchev–Trinajstić information content (AvgIpc) is 3.08. The maximum Gasteiger partial charge on any atom is 4.00 e. The van der Waals surface area contributed by atoms with Crippen molar-refractivity contribution in [2.75, 3.05) is 0 Å². The zero-order chi connectivity index (χ0) is 31.7. The Kier molecular flexibility index (Phi) is 9.14. The number of aromatic nitrogens is 3. The summed E-state index contributed by atoms with van der Waals surface area (Å²) in [7, 11) is 0. The SMILES string of the molecule is Cc1c2[n-]c(c1CCC(=O)O)/C=c1\[n-]/c(c(C)c1CCC(=O)O)=C\c1[n-]c(c(C)c1[C@H](C)S)/C=C1\[N-]/C(=C\2)[C@H](C)[C@]12[SH+]C2C.[Fe+4]. The van der Waals surface area contributed by atoms with Gasteiger partial charge in [0.1, 0.15) is 0 Å². The fourth-order valence-corrected chi connectivity index (χ4v) is 8.75. The van der Waals surface area contributed by atoms with Gasteiger partial charge in [0.15, 0.2) is 10.00 Å². The average molecular weight is 686 g/mol. The maximum atomic E-state index is 11.6. The first-order valence-corrected chi connectivity index (χ1v) is 16.5. The van der Waals surface area contributed by atoms with Gasteiger partial charge >= 0.3 is 29.0 Å². The van der Waals surface area contributed by atoms with Crippen molar-refractivity contribution in [2.45, 2.75) is 82.5 Å². The van der Waals surface area contributed by atoms with Crippen LogP contribution in [0.1, 0.15) is 95.0 Å². The predicted molar refractivity (Wildman–Crippen MR) is 179 cm³/mol. The van der Waals surface area contributed by atoms with Crippen LogP contribution >= 0.6 is 12.6 Å². The van der Waals surface area contributed by atoms with E-state index in [0.29, 0.717) is 29.1 Å². The Morgan fingerprint density at radius 2 is 1.42 bits per heavy atom. The molecule has 8 bridgehead atoms. The summed E-state index contributed by atoms with van der Waals surface area (Å²) in [5.74, 6) is -1.58. The van der Waals surface area contributed by atoms with Crippen molar-refractivity contribution < 1.29 is 36.9 Å². The summed E-state index contributed by atoms with van der Waals surface area (Å²) in [5.41, 5.74) is 10.7. The molecule has 3 aliphatic heterocycles. The van der Waals surface area contributed by atoms with E-state index in [4.69, 9.17) is 32.9 Å². The van der Waals surface area contributed by atoms with E-state index in [1.54, 1.807) is 0 Å². The molecule has 0 aliphatic carbocycles. The Balaban J connectivity index is 0.00000400. The third-order valence-electron chi connectivity index (χ3n) is 9.52. The number of allylic oxidation sites excluding steroid dienone is 1. The van der Waals surface area contributed by atoms with Gasteiger partial charge in [-0.05, 0) is 64.8 Å². The molecule has 45 heavy (non-hydrogen) atoms. The molecule has 11 heteroatoms. The number of aliphatic carboxylic acids is 2. The van der Waals surface area contributed by atoms with Crippen LogP contribution in [0.4, 0.5) is 0 Å². The van der Waals surface area contributed by atoms with Gasteiger partial charge in [-0.15, -0.1) is 33.5 Å². The van der Waals surface area contributed by atoms with E-state index in [2.05, 4.69) is 32.9 Å². The number of fused-ring (bicyclic) bond motifs is 9. The Morgan fingerprint density at radius 3 is 2.02 bits per heavy atom. The number of rotatable bonds is 7. The number of hydrogen-bond acceptors (Lipinski definition) is 3. The molecule has 2 N–H and O–H groups in total. The van der Waals surface area contributed by atoms with Crippen LogP contribution in [0.3, 0.4) is 0 Å². The molecule has 3 aromatic rings. The largest absolute Gasteiger partial charge is 4.00 e. The van der Waals surface area contributed by atoms with Gasteiger partial charge in [0.25, 0.3) is 0 Å². The van der Waals surface area contributed by atoms with Crippen molar-refractivity contribution in [3.63, 3.8) is 0 Å². The smallest absolute Gasteiger partial charge is 0.660 e. The number of thiol groups is 2. The number of carboxylic acids is 2. The van der Waals surface area contributed by atoms with Crippen LogP contribution in [-0.2, 0) is 51.3 Å². The second kappa shape index (κ2) is 12.3. The van der Waals surface area contributed by atoms with Gasteiger partial charge in [0, 0.05) is 24.0 Å². The Labute approximate surface area is 283 Å². The second-order valence-electron chi connectivity index (χ2n) is 12.2. The van der Waals surface area contributed by atoms with Crippen molar-refractivity contribution in [1.29, 1.82) is 0 Å². The van der Waals surface area contributed by atoms with Crippen LogP contribution in [-0.4, -0.2) is 32.1 Å². The van der Waals surface area contributed by atoms with Crippen LogP contribution < -0.4 is 25.7 Å². The van der Waals surface area contributed by atoms with Crippen LogP contribution in [0.25, 0.3) is 29.6 Å². The maximum absolute atomic E-state index is 11.6. The number of carbonyl (C=O) groups is 2. The fraction of sp³-hybridized carbons (Fsp3) is 0.412. The summed E-state index contributed by atoms with van der Waals surface area (Å²) in [5, 5.41) is 26.0. The molecule has 2 saturated heterocycles. The topological polar surface area (TPSA) is 131 Å². The van der Waals surface area contributed by atoms with Crippen LogP contribution in [0.2, 0.25) is 0 Å². The van der Waals surface area contributed by atoms with E-state index in [1.807, 2.05) is 32.9 Å². The van der Waals surface area contributed by atoms with Gasteiger partial charge in [-0.25, -0.2) is 0 Å². The Bertz CT molecular complexity index is 1900. The summed E-state index contributed by atoms with van der Waals surface area (Å²) in [6.45, 7) is 12.6. The second-order valence-corrected chi connectivity index (χ2v) is 14.8. The van der Waals surface area contributed by atoms with E-state index in [9.17, 15) is 19.8 Å². The molecule has 0 amide bonds. The summed E-state index contributed by atoms with van der Waals surface area (Å²) >= 11 is 6.17. The standard InChI is InChI=1S/C34H36N4O4S2.Fe/c1-15-21(7-9-31(39)40)27-13-28-22(8-10-32(41)42)16(2)24(36-28)12-29-33(19(5)43)17(3)25(37-29)14-30-34(20(6)44-34)18(4)26(38-30)11-23(15)35-27;/h11-14,18-20,43H,7-10H2,1-6H3,(H,39,40)(H,41,42);/q-4;+4/p+1/b24-12-,26-11-,28-13-,30-14-;/t18-,19-,20?,34+;/m0./s1. The molecule has 3 aromatic heterocycles. The molecule has 6 rings (SSSR count). The normalized spacial score (nSPS) is 25.8. The van der Waals surface area contributed by atoms with E-state index >= 15 is 0 Å². The Morgan fingerprint density at radius 1 is 0.844 bits per heavy atom. The van der Waals surface area contributed by atoms with E-state index in [1.165, 1.54) is 11.8 Å². The quantitative estimate of drug-likeness (QED) is 0.149. The molecule has 6 heterocycles. The third kappa shape index (κ3) is 5.77. The van der Waals surface area contributed by atoms with Crippen LogP contribution in [0.15, 0.2) is 11.4 Å². The monoisotopic (exact) mass is 685 g/mol. The van der Waals surface area contributed by atoms with Crippen LogP contribution in [0, 0.1) is 26.7 Å². The zero-order valence-corrected chi connectivity index (χ0v) is 29.0. The van der Waals surface area contributed by atoms with Crippen molar-refractivity contribution in [3.8, 4) is 0 Å². The molecule has 2 fully saturated rings. The summed E-state index contributed by atoms with van der Waals surface area (Å²) in [6, 6.07) is 0. The van der Waals surface area contributed by atoms with Gasteiger partial charge in [-0.1, -0.05) is 64.7 Å². The van der Waals surface area contributed by atoms with Gasteiger partial charge in [-0.3, -0.25) is 9.59 Å². The van der Waals surface area contributed by atoms with Crippen molar-refractivity contribution >= 4 is 60.6 Å². The molecule has 0 saturated carbocycles. The first kappa shape index (κ1) is 33.4. The van der Waals surface area contributed by atoms with E-state index < -0.39 is 11.9 Å². The molecule has 3 aliphatic rings. The first-order chi connectivity index (χ1) is 20.8. The van der Waals surface area contributed by atoms with Gasteiger partial charge < -0.3 is 30.5 Å². The molecule has 1 unspecified atom stereocenters. The minimum absolute atomic E-state index is 0. The fourth-order valence-electron chi connectivity index (χ4n) is 6.90. The molecular formula is C34H37FeN4O4S2+. The molecule has 236 valence electrons. The molecule has 8 nitrogen and oxygen atoms in total. The zero-order valence-electron chi connectivity index (χ0n) is 26.1. The van der Waals surface area contributed by atoms with Gasteiger partial charge in [0.2, 0.25) is 0 Å². The molecule has 1 spiro atoms. The molecular weight excluding hydrogens is 648 g/mol. The van der Waals surface area contributed by atoms with Gasteiger partial charge in [0.05, 0.1) is 0 Å². The summed E-state index contributed by atoms with van der Waals surface area (Å²) in [4.78, 5) is 38.3. The summed E-state index contributed by atoms with van der Waals surface area (Å²) < 4.78 is -0.0687.